The fourth-order valence-corrected chi connectivity index (χ4v) is 3.13. The summed E-state index contributed by atoms with van der Waals surface area (Å²) < 4.78 is 10.9. The molecule has 114 valence electrons. The highest BCUT2D eigenvalue weighted by molar-refractivity contribution is 5.90. The van der Waals surface area contributed by atoms with Crippen LogP contribution in [-0.2, 0) is 20.9 Å². The third-order valence-electron chi connectivity index (χ3n) is 4.24. The molecular formula is C18H18O4. The number of hydrogen-bond acceptors (Lipinski definition) is 4. The van der Waals surface area contributed by atoms with E-state index in [1.54, 1.807) is 14.2 Å². The molecule has 4 heteroatoms. The molecule has 22 heavy (non-hydrogen) atoms. The van der Waals surface area contributed by atoms with Crippen molar-refractivity contribution in [1.29, 1.82) is 0 Å². The van der Waals surface area contributed by atoms with Crippen LogP contribution in [0.4, 0.5) is 0 Å². The molecule has 0 bridgehead atoms. The smallest absolute Gasteiger partial charge is 0.133 e. The number of benzene rings is 2. The van der Waals surface area contributed by atoms with Gasteiger partial charge in [-0.25, -0.2) is 0 Å². The summed E-state index contributed by atoms with van der Waals surface area (Å²) in [5.74, 6) is 0.149. The second-order valence-electron chi connectivity index (χ2n) is 5.35. The van der Waals surface area contributed by atoms with Crippen molar-refractivity contribution in [3.05, 3.63) is 52.8 Å². The highest BCUT2D eigenvalue weighted by atomic mass is 16.5. The van der Waals surface area contributed by atoms with Gasteiger partial charge in [0.05, 0.1) is 19.8 Å². The molecule has 2 atom stereocenters. The van der Waals surface area contributed by atoms with Crippen molar-refractivity contribution >= 4 is 23.1 Å². The van der Waals surface area contributed by atoms with Crippen LogP contribution in [-0.4, -0.2) is 25.6 Å². The lowest BCUT2D eigenvalue weighted by molar-refractivity contribution is -0.115. The summed E-state index contributed by atoms with van der Waals surface area (Å²) in [6, 6.07) is 9.85. The largest absolute Gasteiger partial charge is 0.500 e. The highest BCUT2D eigenvalue weighted by Crippen LogP contribution is 2.40. The number of rotatable bonds is 4. The molecule has 3 rings (SSSR count). The molecular weight excluding hydrogens is 280 g/mol. The molecule has 0 saturated heterocycles. The lowest BCUT2D eigenvalue weighted by Gasteiger charge is -2.29. The quantitative estimate of drug-likeness (QED) is 0.882. The van der Waals surface area contributed by atoms with Crippen molar-refractivity contribution in [2.45, 2.75) is 12.7 Å². The first-order valence-corrected chi connectivity index (χ1v) is 7.13. The van der Waals surface area contributed by atoms with Crippen LogP contribution in [0.15, 0.2) is 36.1 Å². The Labute approximate surface area is 129 Å². The fourth-order valence-electron chi connectivity index (χ4n) is 3.13. The minimum absolute atomic E-state index is 0.0123. The fraction of sp³-hybridized carbons (Fsp3) is 0.278. The van der Waals surface area contributed by atoms with Gasteiger partial charge in [0.1, 0.15) is 18.0 Å². The van der Waals surface area contributed by atoms with Gasteiger partial charge < -0.3 is 19.4 Å². The first-order valence-electron chi connectivity index (χ1n) is 7.13. The Kier molecular flexibility index (Phi) is 3.96. The molecule has 1 aliphatic carbocycles. The Morgan fingerprint density at radius 1 is 1.27 bits per heavy atom. The van der Waals surface area contributed by atoms with E-state index in [1.165, 1.54) is 0 Å². The average molecular weight is 298 g/mol. The molecule has 1 aliphatic rings. The number of fused-ring (bicyclic) bond motifs is 2. The van der Waals surface area contributed by atoms with Gasteiger partial charge in [0.15, 0.2) is 0 Å². The Balaban J connectivity index is 2.28. The van der Waals surface area contributed by atoms with Crippen molar-refractivity contribution < 1.29 is 19.4 Å². The zero-order valence-corrected chi connectivity index (χ0v) is 12.6. The maximum Gasteiger partial charge on any atom is 0.133 e. The lowest BCUT2D eigenvalue weighted by Crippen LogP contribution is -2.23. The molecule has 4 nitrogen and oxygen atoms in total. The number of ether oxygens (including phenoxy) is 2. The summed E-state index contributed by atoms with van der Waals surface area (Å²) in [4.78, 5) is 11.4. The number of aliphatic hydroxyl groups excluding tert-OH is 1. The highest BCUT2D eigenvalue weighted by Gasteiger charge is 2.33. The van der Waals surface area contributed by atoms with Crippen molar-refractivity contribution in [3.8, 4) is 0 Å². The van der Waals surface area contributed by atoms with Crippen molar-refractivity contribution in [1.82, 2.24) is 0 Å². The minimum Gasteiger partial charge on any atom is -0.500 e. The number of methoxy groups -OCH3 is 2. The first kappa shape index (κ1) is 14.8. The molecule has 0 spiro atoms. The van der Waals surface area contributed by atoms with Gasteiger partial charge in [-0.1, -0.05) is 18.2 Å². The van der Waals surface area contributed by atoms with Gasteiger partial charge in [0.25, 0.3) is 0 Å². The van der Waals surface area contributed by atoms with E-state index < -0.39 is 5.92 Å². The summed E-state index contributed by atoms with van der Waals surface area (Å²) >= 11 is 0. The maximum absolute atomic E-state index is 11.4. The lowest BCUT2D eigenvalue weighted by atomic mass is 9.84. The van der Waals surface area contributed by atoms with E-state index in [1.807, 2.05) is 36.4 Å². The Morgan fingerprint density at radius 3 is 2.73 bits per heavy atom. The zero-order valence-electron chi connectivity index (χ0n) is 12.6. The summed E-state index contributed by atoms with van der Waals surface area (Å²) in [6.45, 7) is -0.0123. The molecule has 0 fully saturated rings. The Bertz CT molecular complexity index is 748. The van der Waals surface area contributed by atoms with E-state index in [4.69, 9.17) is 9.47 Å². The van der Waals surface area contributed by atoms with Gasteiger partial charge in [-0.3, -0.25) is 0 Å². The van der Waals surface area contributed by atoms with Crippen LogP contribution >= 0.6 is 0 Å². The number of hydrogen-bond donors (Lipinski definition) is 1. The Morgan fingerprint density at radius 2 is 2.09 bits per heavy atom. The molecule has 0 aliphatic heterocycles. The van der Waals surface area contributed by atoms with Gasteiger partial charge in [-0.2, -0.15) is 0 Å². The van der Waals surface area contributed by atoms with E-state index in [2.05, 4.69) is 0 Å². The average Bonchev–Trinajstić information content (AvgIpc) is 2.57. The van der Waals surface area contributed by atoms with Crippen LogP contribution in [0.1, 0.15) is 22.8 Å². The normalized spacial score (nSPS) is 20.4. The molecule has 2 aromatic rings. The summed E-state index contributed by atoms with van der Waals surface area (Å²) in [5.41, 5.74) is 2.79. The second kappa shape index (κ2) is 5.91. The standard InChI is InChI=1S/C18H18O4/c1-21-17-8-13-7-14-11(4-3-5-12(14)9-19)6-15(13)18(22-2)16(17)10-20/h3-8,10,16,18-19H,9H2,1-2H3. The van der Waals surface area contributed by atoms with Crippen LogP contribution in [0.25, 0.3) is 16.8 Å². The van der Waals surface area contributed by atoms with E-state index in [0.717, 1.165) is 33.7 Å². The van der Waals surface area contributed by atoms with Gasteiger partial charge in [0.2, 0.25) is 0 Å². The zero-order chi connectivity index (χ0) is 15.7. The second-order valence-corrected chi connectivity index (χ2v) is 5.35. The van der Waals surface area contributed by atoms with Gasteiger partial charge in [0, 0.05) is 7.11 Å². The monoisotopic (exact) mass is 298 g/mol. The minimum atomic E-state index is -0.444. The molecule has 0 heterocycles. The molecule has 0 aromatic heterocycles. The SMILES string of the molecule is COC1=Cc2cc3c(CO)cccc3cc2C(OC)C1C=O. The number of aldehydes is 1. The van der Waals surface area contributed by atoms with Crippen molar-refractivity contribution in [2.24, 2.45) is 5.92 Å². The van der Waals surface area contributed by atoms with Crippen molar-refractivity contribution in [3.63, 3.8) is 0 Å². The molecule has 2 aromatic carbocycles. The van der Waals surface area contributed by atoms with E-state index in [-0.39, 0.29) is 12.7 Å². The predicted octanol–water partition coefficient (Wildman–Crippen LogP) is 2.84. The Hall–Kier alpha value is -2.17. The third-order valence-corrected chi connectivity index (χ3v) is 4.24. The maximum atomic E-state index is 11.4. The summed E-state index contributed by atoms with van der Waals surface area (Å²) in [7, 11) is 3.15. The van der Waals surface area contributed by atoms with Crippen LogP contribution in [0.2, 0.25) is 0 Å². The van der Waals surface area contributed by atoms with Crippen LogP contribution in [0, 0.1) is 5.92 Å². The van der Waals surface area contributed by atoms with E-state index >= 15 is 0 Å². The van der Waals surface area contributed by atoms with Crippen LogP contribution < -0.4 is 0 Å². The van der Waals surface area contributed by atoms with Crippen LogP contribution in [0.5, 0.6) is 0 Å². The van der Waals surface area contributed by atoms with Gasteiger partial charge >= 0.3 is 0 Å². The topological polar surface area (TPSA) is 55.8 Å². The predicted molar refractivity (Wildman–Crippen MR) is 84.2 cm³/mol. The van der Waals surface area contributed by atoms with Crippen LogP contribution in [0.3, 0.4) is 0 Å². The molecule has 0 saturated carbocycles. The van der Waals surface area contributed by atoms with E-state index in [0.29, 0.717) is 5.76 Å². The first-order chi connectivity index (χ1) is 10.7. The van der Waals surface area contributed by atoms with Gasteiger partial charge in [-0.15, -0.1) is 0 Å². The summed E-state index contributed by atoms with van der Waals surface area (Å²) in [5, 5.41) is 11.5. The number of aliphatic hydroxyl groups is 1. The van der Waals surface area contributed by atoms with E-state index in [9.17, 15) is 9.90 Å². The molecule has 0 amide bonds. The van der Waals surface area contributed by atoms with Gasteiger partial charge in [-0.05, 0) is 45.7 Å². The number of carbonyl (C=O) groups is 1. The molecule has 1 N–H and O–H groups in total. The summed E-state index contributed by atoms with van der Waals surface area (Å²) in [6.07, 6.45) is 2.37. The molecule has 2 unspecified atom stereocenters. The number of carbonyl (C=O) groups excluding carboxylic acids is 1. The molecule has 0 radical (unpaired) electrons. The van der Waals surface area contributed by atoms with Crippen molar-refractivity contribution in [2.75, 3.05) is 14.2 Å². The third kappa shape index (κ3) is 2.21.